The number of fused-ring (bicyclic) bond motifs is 1. The Hall–Kier alpha value is -2.22. The van der Waals surface area contributed by atoms with Gasteiger partial charge >= 0.3 is 6.16 Å². The summed E-state index contributed by atoms with van der Waals surface area (Å²) in [6.07, 6.45) is 2.97. The summed E-state index contributed by atoms with van der Waals surface area (Å²) in [6.45, 7) is 2.58. The highest BCUT2D eigenvalue weighted by Gasteiger charge is 2.27. The summed E-state index contributed by atoms with van der Waals surface area (Å²) in [5.41, 5.74) is 3.02. The minimum absolute atomic E-state index is 0.0115. The molecular weight excluding hydrogens is 330 g/mol. The van der Waals surface area contributed by atoms with Gasteiger partial charge in [-0.3, -0.25) is 4.79 Å². The molecule has 0 spiro atoms. The normalized spacial score (nSPS) is 16.9. The van der Waals surface area contributed by atoms with E-state index in [9.17, 15) is 9.59 Å². The first-order valence-corrected chi connectivity index (χ1v) is 8.76. The maximum Gasteiger partial charge on any atom is 0.508 e. The van der Waals surface area contributed by atoms with Crippen LogP contribution >= 0.6 is 11.8 Å². The molecule has 1 aliphatic heterocycles. The van der Waals surface area contributed by atoms with Crippen LogP contribution in [0.3, 0.4) is 0 Å². The number of thioether (sulfide) groups is 1. The van der Waals surface area contributed by atoms with Crippen molar-refractivity contribution < 1.29 is 19.1 Å². The monoisotopic (exact) mass is 349 g/mol. The van der Waals surface area contributed by atoms with Crippen LogP contribution in [0.15, 0.2) is 24.5 Å². The molecule has 0 aromatic carbocycles. The molecule has 0 radical (unpaired) electrons. The van der Waals surface area contributed by atoms with Gasteiger partial charge < -0.3 is 18.8 Å². The van der Waals surface area contributed by atoms with Gasteiger partial charge in [0, 0.05) is 25.2 Å². The van der Waals surface area contributed by atoms with Gasteiger partial charge in [-0.1, -0.05) is 6.07 Å². The quantitative estimate of drug-likeness (QED) is 0.741. The zero-order valence-electron chi connectivity index (χ0n) is 13.6. The van der Waals surface area contributed by atoms with Crippen LogP contribution in [0.25, 0.3) is 5.65 Å². The van der Waals surface area contributed by atoms with Crippen LogP contribution in [0.4, 0.5) is 4.79 Å². The van der Waals surface area contributed by atoms with Crippen molar-refractivity contribution in [3.8, 4) is 0 Å². The summed E-state index contributed by atoms with van der Waals surface area (Å²) in [4.78, 5) is 29.1. The number of hydrogen-bond donors (Lipinski definition) is 0. The number of nitrogens with zero attached hydrogens (tertiary/aromatic N) is 3. The van der Waals surface area contributed by atoms with Crippen molar-refractivity contribution in [1.82, 2.24) is 14.3 Å². The molecule has 3 rings (SSSR count). The number of aromatic nitrogens is 2. The van der Waals surface area contributed by atoms with Crippen LogP contribution < -0.4 is 0 Å². The number of imidazole rings is 1. The molecule has 7 nitrogen and oxygen atoms in total. The molecule has 1 unspecified atom stereocenters. The topological polar surface area (TPSA) is 73.1 Å². The Morgan fingerprint density at radius 1 is 1.46 bits per heavy atom. The maximum absolute atomic E-state index is 12.1. The van der Waals surface area contributed by atoms with Gasteiger partial charge in [-0.2, -0.15) is 0 Å². The molecule has 3 heterocycles. The number of ether oxygens (including phenoxy) is 2. The van der Waals surface area contributed by atoms with Crippen molar-refractivity contribution >= 4 is 29.5 Å². The summed E-state index contributed by atoms with van der Waals surface area (Å²) >= 11 is 1.51. The van der Waals surface area contributed by atoms with E-state index in [2.05, 4.69) is 4.98 Å². The largest absolute Gasteiger partial charge is 0.508 e. The smallest absolute Gasteiger partial charge is 0.430 e. The van der Waals surface area contributed by atoms with Crippen molar-refractivity contribution in [2.24, 2.45) is 0 Å². The molecule has 1 aliphatic rings. The minimum atomic E-state index is -0.669. The fourth-order valence-electron chi connectivity index (χ4n) is 2.44. The summed E-state index contributed by atoms with van der Waals surface area (Å²) in [6, 6.07) is 4.00. The molecule has 1 saturated heterocycles. The number of likely N-dealkylation sites (N-methyl/N-ethyl adjacent to an activating group) is 1. The fourth-order valence-corrected chi connectivity index (χ4v) is 3.29. The van der Waals surface area contributed by atoms with Crippen LogP contribution in [0.2, 0.25) is 0 Å². The zero-order chi connectivity index (χ0) is 17.1. The Labute approximate surface area is 143 Å². The number of hydrogen-bond acceptors (Lipinski definition) is 6. The summed E-state index contributed by atoms with van der Waals surface area (Å²) in [5, 5.41) is 0. The Morgan fingerprint density at radius 3 is 3.04 bits per heavy atom. The number of cyclic esters (lactones) is 2. The van der Waals surface area contributed by atoms with Gasteiger partial charge in [-0.15, -0.1) is 11.8 Å². The number of rotatable bonds is 6. The van der Waals surface area contributed by atoms with Crippen LogP contribution in [-0.4, -0.2) is 58.4 Å². The number of carbonyl (C=O) groups excluding carboxylic acids is 2. The second-order valence-electron chi connectivity index (χ2n) is 5.77. The third-order valence-corrected chi connectivity index (χ3v) is 4.63. The summed E-state index contributed by atoms with van der Waals surface area (Å²) in [5.74, 6) is 1.01. The first kappa shape index (κ1) is 16.6. The maximum atomic E-state index is 12.1. The van der Waals surface area contributed by atoms with Gasteiger partial charge in [0.05, 0.1) is 18.0 Å². The lowest BCUT2D eigenvalue weighted by molar-refractivity contribution is -0.128. The standard InChI is InChI=1S/C16H19N3O4S/c1-11-3-4-14-17-12(6-19(14)5-11)9-24-10-15(20)18(2)7-13-8-22-16(21)23-13/h3-6,13H,7-10H2,1-2H3. The van der Waals surface area contributed by atoms with Crippen molar-refractivity contribution in [1.29, 1.82) is 0 Å². The molecule has 8 heteroatoms. The van der Waals surface area contributed by atoms with Crippen molar-refractivity contribution in [3.05, 3.63) is 35.8 Å². The van der Waals surface area contributed by atoms with Crippen LogP contribution in [0.1, 0.15) is 11.3 Å². The van der Waals surface area contributed by atoms with Gasteiger partial charge in [0.1, 0.15) is 12.3 Å². The number of amides is 1. The minimum Gasteiger partial charge on any atom is -0.430 e. The highest BCUT2D eigenvalue weighted by atomic mass is 32.2. The van der Waals surface area contributed by atoms with E-state index in [-0.39, 0.29) is 18.6 Å². The van der Waals surface area contributed by atoms with Crippen molar-refractivity contribution in [2.75, 3.05) is 26.0 Å². The predicted molar refractivity (Wildman–Crippen MR) is 89.9 cm³/mol. The molecule has 0 bridgehead atoms. The molecule has 2 aromatic heterocycles. The Balaban J connectivity index is 1.46. The Bertz CT molecular complexity index is 761. The molecular formula is C16H19N3O4S. The lowest BCUT2D eigenvalue weighted by Crippen LogP contribution is -2.36. The van der Waals surface area contributed by atoms with Crippen LogP contribution in [0, 0.1) is 6.92 Å². The average molecular weight is 349 g/mol. The van der Waals surface area contributed by atoms with E-state index in [4.69, 9.17) is 9.47 Å². The third-order valence-electron chi connectivity index (χ3n) is 3.68. The summed E-state index contributed by atoms with van der Waals surface area (Å²) in [7, 11) is 1.70. The van der Waals surface area contributed by atoms with E-state index in [1.165, 1.54) is 17.3 Å². The van der Waals surface area contributed by atoms with E-state index >= 15 is 0 Å². The first-order valence-electron chi connectivity index (χ1n) is 7.60. The Kier molecular flexibility index (Phi) is 4.94. The van der Waals surface area contributed by atoms with Crippen LogP contribution in [0.5, 0.6) is 0 Å². The second-order valence-corrected chi connectivity index (χ2v) is 6.76. The van der Waals surface area contributed by atoms with Gasteiger partial charge in [0.25, 0.3) is 0 Å². The highest BCUT2D eigenvalue weighted by molar-refractivity contribution is 7.99. The van der Waals surface area contributed by atoms with Gasteiger partial charge in [-0.05, 0) is 18.6 Å². The zero-order valence-corrected chi connectivity index (χ0v) is 14.4. The van der Waals surface area contributed by atoms with Crippen molar-refractivity contribution in [2.45, 2.75) is 18.8 Å². The fraction of sp³-hybridized carbons (Fsp3) is 0.438. The first-order chi connectivity index (χ1) is 11.5. The highest BCUT2D eigenvalue weighted by Crippen LogP contribution is 2.15. The van der Waals surface area contributed by atoms with E-state index < -0.39 is 6.16 Å². The molecule has 0 aliphatic carbocycles. The number of aryl methyl sites for hydroxylation is 1. The number of carbonyl (C=O) groups is 2. The third kappa shape index (κ3) is 4.00. The molecule has 1 atom stereocenters. The lowest BCUT2D eigenvalue weighted by atomic mass is 10.3. The molecule has 24 heavy (non-hydrogen) atoms. The molecule has 1 fully saturated rings. The van der Waals surface area contributed by atoms with E-state index in [1.807, 2.05) is 35.9 Å². The molecule has 2 aromatic rings. The van der Waals surface area contributed by atoms with Crippen LogP contribution in [-0.2, 0) is 20.0 Å². The SMILES string of the molecule is Cc1ccc2nc(CSCC(=O)N(C)CC3COC(=O)O3)cn2c1. The Morgan fingerprint density at radius 2 is 2.29 bits per heavy atom. The molecule has 0 saturated carbocycles. The van der Waals surface area contributed by atoms with E-state index in [0.717, 1.165) is 11.3 Å². The average Bonchev–Trinajstić information content (AvgIpc) is 3.12. The second kappa shape index (κ2) is 7.12. The van der Waals surface area contributed by atoms with E-state index in [0.29, 0.717) is 18.1 Å². The molecule has 128 valence electrons. The van der Waals surface area contributed by atoms with Gasteiger partial charge in [0.2, 0.25) is 5.91 Å². The summed E-state index contributed by atoms with van der Waals surface area (Å²) < 4.78 is 11.6. The lowest BCUT2D eigenvalue weighted by Gasteiger charge is -2.18. The predicted octanol–water partition coefficient (Wildman–Crippen LogP) is 1.87. The van der Waals surface area contributed by atoms with Gasteiger partial charge in [0.15, 0.2) is 6.10 Å². The molecule has 0 N–H and O–H groups in total. The van der Waals surface area contributed by atoms with E-state index in [1.54, 1.807) is 11.9 Å². The van der Waals surface area contributed by atoms with Crippen molar-refractivity contribution in [3.63, 3.8) is 0 Å². The number of pyridine rings is 1. The van der Waals surface area contributed by atoms with Gasteiger partial charge in [-0.25, -0.2) is 9.78 Å². The molecule has 1 amide bonds.